The van der Waals surface area contributed by atoms with Gasteiger partial charge >= 0.3 is 0 Å². The Morgan fingerprint density at radius 3 is 2.47 bits per heavy atom. The monoisotopic (exact) mass is 438 g/mol. The van der Waals surface area contributed by atoms with Gasteiger partial charge in [-0.2, -0.15) is 0 Å². The van der Waals surface area contributed by atoms with E-state index in [2.05, 4.69) is 25.1 Å². The van der Waals surface area contributed by atoms with Gasteiger partial charge < -0.3 is 0 Å². The smallest absolute Gasteiger partial charge is 0.265 e. The number of hydrogen-bond acceptors (Lipinski definition) is 7. The van der Waals surface area contributed by atoms with E-state index < -0.39 is 10.0 Å². The van der Waals surface area contributed by atoms with Crippen molar-refractivity contribution in [1.29, 1.82) is 0 Å². The van der Waals surface area contributed by atoms with E-state index in [0.29, 0.717) is 28.2 Å². The van der Waals surface area contributed by atoms with Gasteiger partial charge in [0.25, 0.3) is 10.0 Å². The molecule has 1 aromatic carbocycles. The predicted molar refractivity (Wildman–Crippen MR) is 115 cm³/mol. The van der Waals surface area contributed by atoms with E-state index in [-0.39, 0.29) is 4.90 Å². The SMILES string of the molecule is CCN(c1ccccc1)S(=O)(=O)c1ccc(Sc2n[nH]c(-c3ccncc3)n2)nc1. The van der Waals surface area contributed by atoms with Gasteiger partial charge in [0, 0.05) is 30.7 Å². The first-order valence-corrected chi connectivity index (χ1v) is 11.4. The van der Waals surface area contributed by atoms with Gasteiger partial charge in [0.2, 0.25) is 5.16 Å². The number of para-hydroxylation sites is 1. The molecule has 3 aromatic heterocycles. The van der Waals surface area contributed by atoms with Gasteiger partial charge in [-0.25, -0.2) is 18.4 Å². The number of anilines is 1. The highest BCUT2D eigenvalue weighted by Gasteiger charge is 2.24. The van der Waals surface area contributed by atoms with Crippen molar-refractivity contribution in [2.45, 2.75) is 22.0 Å². The average Bonchev–Trinajstić information content (AvgIpc) is 3.24. The summed E-state index contributed by atoms with van der Waals surface area (Å²) in [5, 5.41) is 8.14. The summed E-state index contributed by atoms with van der Waals surface area (Å²) in [6.45, 7) is 2.11. The molecule has 0 atom stereocenters. The van der Waals surface area contributed by atoms with Gasteiger partial charge in [-0.3, -0.25) is 14.4 Å². The molecule has 0 radical (unpaired) electrons. The van der Waals surface area contributed by atoms with Crippen LogP contribution in [0.25, 0.3) is 11.4 Å². The molecule has 8 nitrogen and oxygen atoms in total. The van der Waals surface area contributed by atoms with Crippen LogP contribution in [0.4, 0.5) is 5.69 Å². The Hall–Kier alpha value is -3.24. The van der Waals surface area contributed by atoms with E-state index >= 15 is 0 Å². The Balaban J connectivity index is 1.52. The summed E-state index contributed by atoms with van der Waals surface area (Å²) in [7, 11) is -3.71. The Kier molecular flexibility index (Phi) is 5.77. The van der Waals surface area contributed by atoms with Gasteiger partial charge in [-0.05, 0) is 55.1 Å². The highest BCUT2D eigenvalue weighted by atomic mass is 32.2. The molecule has 0 unspecified atom stereocenters. The minimum absolute atomic E-state index is 0.130. The third kappa shape index (κ3) is 4.19. The lowest BCUT2D eigenvalue weighted by Crippen LogP contribution is -2.30. The number of sulfonamides is 1. The summed E-state index contributed by atoms with van der Waals surface area (Å²) in [4.78, 5) is 12.8. The molecule has 4 rings (SSSR count). The molecular weight excluding hydrogens is 420 g/mol. The van der Waals surface area contributed by atoms with Crippen LogP contribution in [0, 0.1) is 0 Å². The number of aromatic amines is 1. The van der Waals surface area contributed by atoms with Crippen molar-refractivity contribution in [3.05, 3.63) is 73.2 Å². The second kappa shape index (κ2) is 8.64. The molecule has 0 spiro atoms. The fourth-order valence-electron chi connectivity index (χ4n) is 2.82. The topological polar surface area (TPSA) is 105 Å². The first kappa shape index (κ1) is 20.0. The van der Waals surface area contributed by atoms with E-state index in [1.807, 2.05) is 30.3 Å². The van der Waals surface area contributed by atoms with Crippen LogP contribution >= 0.6 is 11.8 Å². The van der Waals surface area contributed by atoms with E-state index in [1.165, 1.54) is 22.3 Å². The van der Waals surface area contributed by atoms with Crippen LogP contribution in [0.15, 0.2) is 88.3 Å². The van der Waals surface area contributed by atoms with E-state index in [0.717, 1.165) is 5.56 Å². The van der Waals surface area contributed by atoms with Crippen LogP contribution in [-0.2, 0) is 10.0 Å². The van der Waals surface area contributed by atoms with Gasteiger partial charge in [0.1, 0.15) is 9.92 Å². The quantitative estimate of drug-likeness (QED) is 0.470. The molecule has 4 aromatic rings. The summed E-state index contributed by atoms with van der Waals surface area (Å²) in [6, 6.07) is 15.9. The van der Waals surface area contributed by atoms with Crippen molar-refractivity contribution in [3.63, 3.8) is 0 Å². The second-order valence-electron chi connectivity index (χ2n) is 6.14. The van der Waals surface area contributed by atoms with E-state index in [9.17, 15) is 8.42 Å². The van der Waals surface area contributed by atoms with Gasteiger partial charge in [0.15, 0.2) is 5.82 Å². The summed E-state index contributed by atoms with van der Waals surface area (Å²) >= 11 is 1.24. The Labute approximate surface area is 178 Å². The van der Waals surface area contributed by atoms with Gasteiger partial charge in [0.05, 0.1) is 5.69 Å². The molecule has 0 saturated heterocycles. The zero-order valence-electron chi connectivity index (χ0n) is 16.0. The number of aromatic nitrogens is 5. The molecule has 10 heteroatoms. The number of nitrogens with zero attached hydrogens (tertiary/aromatic N) is 5. The predicted octanol–water partition coefficient (Wildman–Crippen LogP) is 3.63. The van der Waals surface area contributed by atoms with Crippen molar-refractivity contribution >= 4 is 27.5 Å². The van der Waals surface area contributed by atoms with Crippen LogP contribution in [0.3, 0.4) is 0 Å². The Morgan fingerprint density at radius 1 is 1.03 bits per heavy atom. The summed E-state index contributed by atoms with van der Waals surface area (Å²) in [5.41, 5.74) is 1.49. The van der Waals surface area contributed by atoms with Crippen LogP contribution in [0.1, 0.15) is 6.92 Å². The molecule has 0 amide bonds. The third-order valence-electron chi connectivity index (χ3n) is 4.24. The molecule has 30 heavy (non-hydrogen) atoms. The number of hydrogen-bond donors (Lipinski definition) is 1. The molecule has 152 valence electrons. The first-order valence-electron chi connectivity index (χ1n) is 9.12. The normalized spacial score (nSPS) is 11.4. The lowest BCUT2D eigenvalue weighted by atomic mass is 10.3. The van der Waals surface area contributed by atoms with Crippen molar-refractivity contribution in [2.24, 2.45) is 0 Å². The molecule has 3 heterocycles. The third-order valence-corrected chi connectivity index (χ3v) is 6.95. The van der Waals surface area contributed by atoms with Crippen molar-refractivity contribution in [2.75, 3.05) is 10.8 Å². The molecule has 0 bridgehead atoms. The van der Waals surface area contributed by atoms with E-state index in [4.69, 9.17) is 0 Å². The number of pyridine rings is 2. The highest BCUT2D eigenvalue weighted by Crippen LogP contribution is 2.27. The van der Waals surface area contributed by atoms with Gasteiger partial charge in [-0.15, -0.1) is 5.10 Å². The van der Waals surface area contributed by atoms with Crippen LogP contribution in [0.5, 0.6) is 0 Å². The van der Waals surface area contributed by atoms with E-state index in [1.54, 1.807) is 43.6 Å². The molecular formula is C20H18N6O2S2. The fourth-order valence-corrected chi connectivity index (χ4v) is 4.89. The number of rotatable bonds is 7. The minimum Gasteiger partial charge on any atom is -0.267 e. The average molecular weight is 439 g/mol. The molecule has 0 fully saturated rings. The van der Waals surface area contributed by atoms with Crippen molar-refractivity contribution in [3.8, 4) is 11.4 Å². The molecule has 0 aliphatic heterocycles. The maximum atomic E-state index is 13.0. The number of benzene rings is 1. The van der Waals surface area contributed by atoms with Crippen molar-refractivity contribution in [1.82, 2.24) is 25.1 Å². The minimum atomic E-state index is -3.71. The molecule has 0 saturated carbocycles. The Morgan fingerprint density at radius 2 is 1.80 bits per heavy atom. The molecule has 0 aliphatic carbocycles. The maximum absolute atomic E-state index is 13.0. The number of H-pyrrole nitrogens is 1. The van der Waals surface area contributed by atoms with Crippen LogP contribution in [-0.4, -0.2) is 40.1 Å². The first-order chi connectivity index (χ1) is 14.6. The zero-order chi connectivity index (χ0) is 21.0. The molecule has 0 aliphatic rings. The number of nitrogens with one attached hydrogen (secondary N) is 1. The zero-order valence-corrected chi connectivity index (χ0v) is 17.6. The lowest BCUT2D eigenvalue weighted by Gasteiger charge is -2.22. The summed E-state index contributed by atoms with van der Waals surface area (Å²) < 4.78 is 27.4. The fraction of sp³-hybridized carbons (Fsp3) is 0.100. The maximum Gasteiger partial charge on any atom is 0.265 e. The molecule has 1 N–H and O–H groups in total. The summed E-state index contributed by atoms with van der Waals surface area (Å²) in [6.07, 6.45) is 4.72. The largest absolute Gasteiger partial charge is 0.267 e. The standard InChI is InChI=1S/C20H18N6O2S2/c1-2-26(16-6-4-3-5-7-16)30(27,28)17-8-9-18(22-14-17)29-20-23-19(24-25-20)15-10-12-21-13-11-15/h3-14H,2H2,1H3,(H,23,24,25). The van der Waals surface area contributed by atoms with Crippen LogP contribution < -0.4 is 4.31 Å². The Bertz CT molecular complexity index is 1210. The van der Waals surface area contributed by atoms with Gasteiger partial charge in [-0.1, -0.05) is 18.2 Å². The summed E-state index contributed by atoms with van der Waals surface area (Å²) in [5.74, 6) is 0.626. The lowest BCUT2D eigenvalue weighted by molar-refractivity contribution is 0.591. The van der Waals surface area contributed by atoms with Crippen molar-refractivity contribution < 1.29 is 8.42 Å². The second-order valence-corrected chi connectivity index (χ2v) is 8.99. The van der Waals surface area contributed by atoms with Crippen LogP contribution in [0.2, 0.25) is 0 Å². The highest BCUT2D eigenvalue weighted by molar-refractivity contribution is 7.99.